The van der Waals surface area contributed by atoms with Gasteiger partial charge in [0.2, 0.25) is 5.91 Å². The predicted molar refractivity (Wildman–Crippen MR) is 90.1 cm³/mol. The summed E-state index contributed by atoms with van der Waals surface area (Å²) in [7, 11) is 0. The highest BCUT2D eigenvalue weighted by atomic mass is 19.1. The smallest absolute Gasteiger partial charge is 0.231 e. The third-order valence-electron chi connectivity index (χ3n) is 4.59. The fourth-order valence-corrected chi connectivity index (χ4v) is 3.22. The Labute approximate surface area is 143 Å². The molecule has 0 saturated carbocycles. The number of anilines is 1. The fourth-order valence-electron chi connectivity index (χ4n) is 3.22. The van der Waals surface area contributed by atoms with Crippen LogP contribution in [-0.2, 0) is 9.53 Å². The molecule has 130 valence electrons. The van der Waals surface area contributed by atoms with Crippen molar-refractivity contribution in [1.29, 1.82) is 0 Å². The summed E-state index contributed by atoms with van der Waals surface area (Å²) in [4.78, 5) is 12.5. The van der Waals surface area contributed by atoms with Gasteiger partial charge in [-0.1, -0.05) is 0 Å². The molecule has 1 aliphatic rings. The molecule has 2 atom stereocenters. The molecule has 2 aromatic heterocycles. The maximum Gasteiger partial charge on any atom is 0.231 e. The average Bonchev–Trinajstić information content (AvgIpc) is 3.27. The zero-order valence-electron chi connectivity index (χ0n) is 13.9. The van der Waals surface area contributed by atoms with Gasteiger partial charge in [0.05, 0.1) is 28.8 Å². The molecule has 8 heteroatoms. The van der Waals surface area contributed by atoms with Gasteiger partial charge in [0.15, 0.2) is 5.65 Å². The number of carbonyl (C=O) groups excluding carboxylic acids is 1. The SMILES string of the molecule is Cc1nn(-c2ccc(F)cc2)c2n[nH]c(NC(=O)C3CCOC3C)c12. The lowest BCUT2D eigenvalue weighted by Gasteiger charge is -2.13. The van der Waals surface area contributed by atoms with Gasteiger partial charge in [-0.25, -0.2) is 9.07 Å². The third kappa shape index (κ3) is 2.68. The monoisotopic (exact) mass is 343 g/mol. The number of aryl methyl sites for hydroxylation is 1. The van der Waals surface area contributed by atoms with E-state index in [9.17, 15) is 9.18 Å². The predicted octanol–water partition coefficient (Wildman–Crippen LogP) is 2.56. The summed E-state index contributed by atoms with van der Waals surface area (Å²) >= 11 is 0. The van der Waals surface area contributed by atoms with Crippen molar-refractivity contribution in [1.82, 2.24) is 20.0 Å². The molecular formula is C17H18FN5O2. The molecule has 3 heterocycles. The van der Waals surface area contributed by atoms with E-state index in [0.29, 0.717) is 30.2 Å². The van der Waals surface area contributed by atoms with Crippen LogP contribution < -0.4 is 5.32 Å². The van der Waals surface area contributed by atoms with Crippen LogP contribution in [0.5, 0.6) is 0 Å². The molecule has 4 rings (SSSR count). The second-order valence-corrected chi connectivity index (χ2v) is 6.23. The number of halogens is 1. The number of benzene rings is 1. The van der Waals surface area contributed by atoms with E-state index in [1.807, 2.05) is 13.8 Å². The Bertz CT molecular complexity index is 931. The van der Waals surface area contributed by atoms with Gasteiger partial charge in [-0.2, -0.15) is 10.2 Å². The highest BCUT2D eigenvalue weighted by Gasteiger charge is 2.31. The molecule has 7 nitrogen and oxygen atoms in total. The quantitative estimate of drug-likeness (QED) is 0.765. The molecule has 0 radical (unpaired) electrons. The fraction of sp³-hybridized carbons (Fsp3) is 0.353. The molecule has 1 aromatic carbocycles. The number of fused-ring (bicyclic) bond motifs is 1. The van der Waals surface area contributed by atoms with Crippen LogP contribution in [0.15, 0.2) is 24.3 Å². The molecule has 2 unspecified atom stereocenters. The first-order chi connectivity index (χ1) is 12.0. The summed E-state index contributed by atoms with van der Waals surface area (Å²) in [5.41, 5.74) is 2.00. The Hall–Kier alpha value is -2.74. The Kier molecular flexibility index (Phi) is 3.76. The summed E-state index contributed by atoms with van der Waals surface area (Å²) in [5.74, 6) is -0.0630. The molecule has 1 fully saturated rings. The van der Waals surface area contributed by atoms with Crippen LogP contribution in [0.3, 0.4) is 0 Å². The van der Waals surface area contributed by atoms with Crippen LogP contribution in [0, 0.1) is 18.7 Å². The number of carbonyl (C=O) groups is 1. The minimum Gasteiger partial charge on any atom is -0.378 e. The minimum absolute atomic E-state index is 0.0931. The number of amides is 1. The van der Waals surface area contributed by atoms with E-state index in [1.165, 1.54) is 12.1 Å². The summed E-state index contributed by atoms with van der Waals surface area (Å²) in [6.45, 7) is 4.34. The zero-order valence-corrected chi connectivity index (χ0v) is 13.9. The van der Waals surface area contributed by atoms with Crippen LogP contribution in [0.4, 0.5) is 10.2 Å². The number of H-pyrrole nitrogens is 1. The molecule has 0 aliphatic carbocycles. The van der Waals surface area contributed by atoms with Crippen LogP contribution in [-0.4, -0.2) is 38.6 Å². The van der Waals surface area contributed by atoms with Crippen molar-refractivity contribution in [2.24, 2.45) is 5.92 Å². The van der Waals surface area contributed by atoms with Gasteiger partial charge in [-0.3, -0.25) is 9.89 Å². The second kappa shape index (κ2) is 5.96. The molecule has 1 aliphatic heterocycles. The van der Waals surface area contributed by atoms with Gasteiger partial charge in [0.25, 0.3) is 0 Å². The third-order valence-corrected chi connectivity index (χ3v) is 4.59. The van der Waals surface area contributed by atoms with Crippen molar-refractivity contribution in [2.75, 3.05) is 11.9 Å². The second-order valence-electron chi connectivity index (χ2n) is 6.23. The Morgan fingerprint density at radius 2 is 2.16 bits per heavy atom. The maximum absolute atomic E-state index is 13.1. The highest BCUT2D eigenvalue weighted by Crippen LogP contribution is 2.28. The van der Waals surface area contributed by atoms with Gasteiger partial charge in [0, 0.05) is 6.61 Å². The largest absolute Gasteiger partial charge is 0.378 e. The summed E-state index contributed by atoms with van der Waals surface area (Å²) in [5, 5.41) is 15.2. The van der Waals surface area contributed by atoms with Gasteiger partial charge in [0.1, 0.15) is 11.6 Å². The van der Waals surface area contributed by atoms with Crippen LogP contribution in [0.25, 0.3) is 16.7 Å². The lowest BCUT2D eigenvalue weighted by atomic mass is 10.0. The van der Waals surface area contributed by atoms with E-state index in [2.05, 4.69) is 20.6 Å². The Morgan fingerprint density at radius 1 is 1.40 bits per heavy atom. The van der Waals surface area contributed by atoms with Gasteiger partial charge in [-0.15, -0.1) is 0 Å². The number of hydrogen-bond donors (Lipinski definition) is 2. The summed E-state index contributed by atoms with van der Waals surface area (Å²) in [6.07, 6.45) is 0.611. The van der Waals surface area contributed by atoms with E-state index in [1.54, 1.807) is 16.8 Å². The Morgan fingerprint density at radius 3 is 2.84 bits per heavy atom. The topological polar surface area (TPSA) is 84.8 Å². The number of nitrogens with one attached hydrogen (secondary N) is 2. The van der Waals surface area contributed by atoms with Crippen molar-refractivity contribution >= 4 is 22.8 Å². The summed E-state index contributed by atoms with van der Waals surface area (Å²) < 4.78 is 20.2. The first-order valence-corrected chi connectivity index (χ1v) is 8.16. The lowest BCUT2D eigenvalue weighted by molar-refractivity contribution is -0.121. The number of aromatic nitrogens is 4. The van der Waals surface area contributed by atoms with Crippen LogP contribution >= 0.6 is 0 Å². The van der Waals surface area contributed by atoms with Gasteiger partial charge >= 0.3 is 0 Å². The molecule has 0 bridgehead atoms. The zero-order chi connectivity index (χ0) is 17.6. The summed E-state index contributed by atoms with van der Waals surface area (Å²) in [6, 6.07) is 6.00. The van der Waals surface area contributed by atoms with Gasteiger partial charge < -0.3 is 10.1 Å². The molecule has 2 N–H and O–H groups in total. The number of hydrogen-bond acceptors (Lipinski definition) is 4. The number of rotatable bonds is 3. The molecule has 1 saturated heterocycles. The van der Waals surface area contributed by atoms with Crippen LogP contribution in [0.1, 0.15) is 19.0 Å². The first-order valence-electron chi connectivity index (χ1n) is 8.16. The van der Waals surface area contributed by atoms with E-state index in [4.69, 9.17) is 4.74 Å². The molecule has 3 aromatic rings. The van der Waals surface area contributed by atoms with Gasteiger partial charge in [-0.05, 0) is 44.5 Å². The normalized spacial score (nSPS) is 20.3. The molecule has 25 heavy (non-hydrogen) atoms. The Balaban J connectivity index is 1.68. The molecule has 1 amide bonds. The number of ether oxygens (including phenoxy) is 1. The highest BCUT2D eigenvalue weighted by molar-refractivity contribution is 6.01. The van der Waals surface area contributed by atoms with Crippen molar-refractivity contribution in [3.63, 3.8) is 0 Å². The standard InChI is InChI=1S/C17H18FN5O2/c1-9-14-15(19-17(24)13-7-8-25-10(13)2)20-21-16(14)23(22-9)12-5-3-11(18)4-6-12/h3-6,10,13H,7-8H2,1-2H3,(H2,19,20,21,24). The first kappa shape index (κ1) is 15.8. The molecule has 0 spiro atoms. The molecular weight excluding hydrogens is 325 g/mol. The van der Waals surface area contributed by atoms with E-state index in [0.717, 1.165) is 11.1 Å². The van der Waals surface area contributed by atoms with Crippen molar-refractivity contribution in [3.8, 4) is 5.69 Å². The number of nitrogens with zero attached hydrogens (tertiary/aromatic N) is 3. The van der Waals surface area contributed by atoms with Crippen molar-refractivity contribution in [2.45, 2.75) is 26.4 Å². The van der Waals surface area contributed by atoms with E-state index in [-0.39, 0.29) is 23.7 Å². The van der Waals surface area contributed by atoms with Crippen LogP contribution in [0.2, 0.25) is 0 Å². The lowest BCUT2D eigenvalue weighted by Crippen LogP contribution is -2.28. The average molecular weight is 343 g/mol. The van der Waals surface area contributed by atoms with E-state index < -0.39 is 0 Å². The van der Waals surface area contributed by atoms with Crippen molar-refractivity contribution < 1.29 is 13.9 Å². The number of aromatic amines is 1. The van der Waals surface area contributed by atoms with E-state index >= 15 is 0 Å². The minimum atomic E-state index is -0.313. The van der Waals surface area contributed by atoms with Crippen molar-refractivity contribution in [3.05, 3.63) is 35.8 Å². The maximum atomic E-state index is 13.1.